The van der Waals surface area contributed by atoms with E-state index in [9.17, 15) is 9.59 Å². The molecular formula is C24H26N6O2. The molecule has 0 bridgehead atoms. The summed E-state index contributed by atoms with van der Waals surface area (Å²) in [5.74, 6) is 1.84. The SMILES string of the molecule is CCC1=Cc2ncc(CN3CCN(c4ccc(C(=O)NC)nc4)[C@@H]4C[C@@H]43)cc2NC1=C=O. The first-order valence-corrected chi connectivity index (χ1v) is 11.0. The number of pyridine rings is 2. The van der Waals surface area contributed by atoms with Crippen molar-refractivity contribution in [1.29, 1.82) is 0 Å². The highest BCUT2D eigenvalue weighted by Crippen LogP contribution is 2.40. The number of nitrogens with zero attached hydrogens (tertiary/aromatic N) is 4. The van der Waals surface area contributed by atoms with E-state index < -0.39 is 0 Å². The third-order valence-corrected chi connectivity index (χ3v) is 6.50. The topological polar surface area (TPSA) is 90.5 Å². The lowest BCUT2D eigenvalue weighted by atomic mass is 10.0. The summed E-state index contributed by atoms with van der Waals surface area (Å²) in [4.78, 5) is 36.8. The lowest BCUT2D eigenvalue weighted by Crippen LogP contribution is -2.46. The van der Waals surface area contributed by atoms with Crippen molar-refractivity contribution in [2.45, 2.75) is 38.4 Å². The van der Waals surface area contributed by atoms with Crippen molar-refractivity contribution in [2.75, 3.05) is 30.4 Å². The van der Waals surface area contributed by atoms with Gasteiger partial charge in [-0.15, -0.1) is 0 Å². The fourth-order valence-electron chi connectivity index (χ4n) is 4.68. The summed E-state index contributed by atoms with van der Waals surface area (Å²) in [6.07, 6.45) is 7.58. The number of nitrogens with one attached hydrogen (secondary N) is 2. The molecule has 5 rings (SSSR count). The standard InChI is InChI=1S/C24H26N6O2/c1-3-16-9-19-20(28-21(16)14-31)8-15(11-26-19)13-29-6-7-30(23-10-22(23)29)17-4-5-18(27-12-17)24(32)25-2/h4-5,8-9,11-12,22-23,28H,3,6-7,10,13H2,1-2H3,(H,25,32)/t22-,23+/m0/s1. The lowest BCUT2D eigenvalue weighted by molar-refractivity contribution is 0.0958. The summed E-state index contributed by atoms with van der Waals surface area (Å²) in [6, 6.07) is 6.83. The number of hydrogen-bond donors (Lipinski definition) is 2. The number of hydrogen-bond acceptors (Lipinski definition) is 7. The number of rotatable bonds is 5. The van der Waals surface area contributed by atoms with Crippen molar-refractivity contribution < 1.29 is 9.59 Å². The third kappa shape index (κ3) is 3.68. The second-order valence-corrected chi connectivity index (χ2v) is 8.42. The Bertz CT molecular complexity index is 1140. The van der Waals surface area contributed by atoms with Crippen LogP contribution in [-0.2, 0) is 11.3 Å². The van der Waals surface area contributed by atoms with Gasteiger partial charge in [-0.1, -0.05) is 6.92 Å². The Balaban J connectivity index is 1.26. The molecule has 0 spiro atoms. The summed E-state index contributed by atoms with van der Waals surface area (Å²) >= 11 is 0. The van der Waals surface area contributed by atoms with E-state index in [2.05, 4.69) is 36.5 Å². The van der Waals surface area contributed by atoms with Crippen LogP contribution in [0.1, 0.15) is 41.5 Å². The van der Waals surface area contributed by atoms with E-state index in [-0.39, 0.29) is 5.91 Å². The fourth-order valence-corrected chi connectivity index (χ4v) is 4.68. The first-order valence-electron chi connectivity index (χ1n) is 11.0. The molecule has 32 heavy (non-hydrogen) atoms. The molecular weight excluding hydrogens is 404 g/mol. The van der Waals surface area contributed by atoms with Crippen LogP contribution in [0.25, 0.3) is 6.08 Å². The van der Waals surface area contributed by atoms with Crippen LogP contribution in [0.3, 0.4) is 0 Å². The minimum Gasteiger partial charge on any atom is -0.364 e. The molecule has 1 aliphatic carbocycles. The lowest BCUT2D eigenvalue weighted by Gasteiger charge is -2.35. The van der Waals surface area contributed by atoms with Gasteiger partial charge in [-0.3, -0.25) is 14.7 Å². The minimum atomic E-state index is -0.170. The molecule has 2 aliphatic heterocycles. The average Bonchev–Trinajstić information content (AvgIpc) is 3.64. The Morgan fingerprint density at radius 2 is 2.12 bits per heavy atom. The fraction of sp³-hybridized carbons (Fsp3) is 0.375. The van der Waals surface area contributed by atoms with Gasteiger partial charge in [0.2, 0.25) is 0 Å². The van der Waals surface area contributed by atoms with Crippen molar-refractivity contribution in [1.82, 2.24) is 20.2 Å². The summed E-state index contributed by atoms with van der Waals surface area (Å²) in [6.45, 7) is 4.71. The molecule has 0 radical (unpaired) electrons. The van der Waals surface area contributed by atoms with Gasteiger partial charge in [0, 0.05) is 45.0 Å². The van der Waals surface area contributed by atoms with Crippen molar-refractivity contribution >= 4 is 29.3 Å². The van der Waals surface area contributed by atoms with E-state index in [0.717, 1.165) is 60.7 Å². The maximum Gasteiger partial charge on any atom is 0.269 e. The largest absolute Gasteiger partial charge is 0.364 e. The Hall–Kier alpha value is -3.48. The average molecular weight is 431 g/mol. The van der Waals surface area contributed by atoms with Gasteiger partial charge in [0.15, 0.2) is 5.94 Å². The predicted octanol–water partition coefficient (Wildman–Crippen LogP) is 2.23. The van der Waals surface area contributed by atoms with Gasteiger partial charge in [-0.2, -0.15) is 0 Å². The number of anilines is 2. The van der Waals surface area contributed by atoms with Gasteiger partial charge < -0.3 is 15.5 Å². The number of piperazine rings is 1. The third-order valence-electron chi connectivity index (χ3n) is 6.50. The van der Waals surface area contributed by atoms with Crippen LogP contribution in [0.5, 0.6) is 0 Å². The Labute approximate surface area is 187 Å². The molecule has 2 aromatic rings. The van der Waals surface area contributed by atoms with Crippen LogP contribution in [0, 0.1) is 0 Å². The number of carbonyl (C=O) groups is 1. The normalized spacial score (nSPS) is 21.6. The molecule has 0 aromatic carbocycles. The molecule has 2 aromatic heterocycles. The number of aromatic nitrogens is 2. The Morgan fingerprint density at radius 1 is 1.25 bits per heavy atom. The van der Waals surface area contributed by atoms with E-state index in [1.807, 2.05) is 31.2 Å². The van der Waals surface area contributed by atoms with Gasteiger partial charge in [-0.05, 0) is 48.3 Å². The highest BCUT2D eigenvalue weighted by atomic mass is 16.1. The molecule has 2 fully saturated rings. The second-order valence-electron chi connectivity index (χ2n) is 8.42. The van der Waals surface area contributed by atoms with Gasteiger partial charge in [0.05, 0.1) is 23.3 Å². The van der Waals surface area contributed by atoms with E-state index in [1.54, 1.807) is 19.3 Å². The van der Waals surface area contributed by atoms with Crippen LogP contribution in [-0.4, -0.2) is 58.9 Å². The number of carbonyl (C=O) groups excluding carboxylic acids is 2. The van der Waals surface area contributed by atoms with Crippen LogP contribution in [0.2, 0.25) is 0 Å². The summed E-state index contributed by atoms with van der Waals surface area (Å²) < 4.78 is 0. The van der Waals surface area contributed by atoms with Gasteiger partial charge in [0.1, 0.15) is 11.4 Å². The molecule has 164 valence electrons. The van der Waals surface area contributed by atoms with Crippen molar-refractivity contribution in [3.63, 3.8) is 0 Å². The zero-order valence-corrected chi connectivity index (χ0v) is 18.3. The molecule has 2 N–H and O–H groups in total. The van der Waals surface area contributed by atoms with Gasteiger partial charge in [0.25, 0.3) is 5.91 Å². The molecule has 1 saturated heterocycles. The summed E-state index contributed by atoms with van der Waals surface area (Å²) in [5.41, 5.74) is 5.80. The molecule has 8 nitrogen and oxygen atoms in total. The van der Waals surface area contributed by atoms with E-state index in [1.165, 1.54) is 0 Å². The molecule has 8 heteroatoms. The van der Waals surface area contributed by atoms with Crippen molar-refractivity contribution in [3.8, 4) is 0 Å². The summed E-state index contributed by atoms with van der Waals surface area (Å²) in [5, 5.41) is 5.79. The monoisotopic (exact) mass is 430 g/mol. The predicted molar refractivity (Wildman–Crippen MR) is 123 cm³/mol. The van der Waals surface area contributed by atoms with Gasteiger partial charge in [-0.25, -0.2) is 9.78 Å². The van der Waals surface area contributed by atoms with Crippen LogP contribution < -0.4 is 15.5 Å². The van der Waals surface area contributed by atoms with Crippen LogP contribution in [0.15, 0.2) is 41.9 Å². The first-order chi connectivity index (χ1) is 15.6. The highest BCUT2D eigenvalue weighted by Gasteiger charge is 2.48. The van der Waals surface area contributed by atoms with E-state index in [0.29, 0.717) is 23.5 Å². The molecule has 3 aliphatic rings. The van der Waals surface area contributed by atoms with Crippen LogP contribution in [0.4, 0.5) is 11.4 Å². The smallest absolute Gasteiger partial charge is 0.269 e. The Kier molecular flexibility index (Phi) is 5.25. The summed E-state index contributed by atoms with van der Waals surface area (Å²) in [7, 11) is 1.61. The first kappa shape index (κ1) is 20.4. The highest BCUT2D eigenvalue weighted by molar-refractivity contribution is 5.92. The maximum atomic E-state index is 11.7. The second kappa shape index (κ2) is 8.22. The Morgan fingerprint density at radius 3 is 2.84 bits per heavy atom. The number of amides is 1. The van der Waals surface area contributed by atoms with Crippen molar-refractivity contribution in [3.05, 3.63) is 58.8 Å². The molecule has 0 unspecified atom stereocenters. The van der Waals surface area contributed by atoms with E-state index in [4.69, 9.17) is 0 Å². The number of allylic oxidation sites excluding steroid dienone is 1. The quantitative estimate of drug-likeness (QED) is 0.703. The number of fused-ring (bicyclic) bond motifs is 2. The molecule has 1 saturated carbocycles. The minimum absolute atomic E-state index is 0.170. The zero-order valence-electron chi connectivity index (χ0n) is 18.3. The van der Waals surface area contributed by atoms with Gasteiger partial charge >= 0.3 is 0 Å². The van der Waals surface area contributed by atoms with Crippen LogP contribution >= 0.6 is 0 Å². The molecule has 2 atom stereocenters. The zero-order chi connectivity index (χ0) is 22.2. The molecule has 1 amide bonds. The molecule has 4 heterocycles. The maximum absolute atomic E-state index is 11.7. The van der Waals surface area contributed by atoms with Crippen molar-refractivity contribution in [2.24, 2.45) is 0 Å². The van der Waals surface area contributed by atoms with E-state index >= 15 is 0 Å².